The third kappa shape index (κ3) is 6.24. The molecule has 1 atom stereocenters. The second-order valence-corrected chi connectivity index (χ2v) is 7.02. The molecule has 1 aromatic heterocycles. The Morgan fingerprint density at radius 2 is 2.10 bits per heavy atom. The molecule has 2 heterocycles. The number of aryl methyl sites for hydroxylation is 2. The standard InChI is InChI=1S/C21H31N5O3.HI/c1-22-21(26-10-11-29-20(15-26)17-13-24-25(2)14-17)23-9-5-6-16-7-8-18(27-3)19(12-16)28-4;/h7-8,12-14,20H,5-6,9-11,15H2,1-4H3,(H,22,23);1H. The summed E-state index contributed by atoms with van der Waals surface area (Å²) in [5, 5.41) is 7.73. The van der Waals surface area contributed by atoms with Crippen molar-refractivity contribution in [1.29, 1.82) is 0 Å². The lowest BCUT2D eigenvalue weighted by molar-refractivity contribution is -0.00801. The Bertz CT molecular complexity index is 827. The SMILES string of the molecule is CN=C(NCCCc1ccc(OC)c(OC)c1)N1CCOC(c2cnn(C)c2)C1.I. The Hall–Kier alpha value is -2.01. The minimum atomic E-state index is 0. The normalized spacial score (nSPS) is 16.7. The fourth-order valence-corrected chi connectivity index (χ4v) is 3.51. The third-order valence-electron chi connectivity index (χ3n) is 5.05. The highest BCUT2D eigenvalue weighted by Gasteiger charge is 2.25. The molecule has 0 aliphatic carbocycles. The quantitative estimate of drug-likeness (QED) is 0.258. The van der Waals surface area contributed by atoms with Crippen molar-refractivity contribution in [3.63, 3.8) is 0 Å². The maximum Gasteiger partial charge on any atom is 0.193 e. The Labute approximate surface area is 195 Å². The van der Waals surface area contributed by atoms with Gasteiger partial charge in [0.1, 0.15) is 6.10 Å². The molecule has 0 saturated carbocycles. The van der Waals surface area contributed by atoms with Gasteiger partial charge in [-0.25, -0.2) is 0 Å². The van der Waals surface area contributed by atoms with Gasteiger partial charge in [0.25, 0.3) is 0 Å². The average Bonchev–Trinajstić information content (AvgIpc) is 3.20. The van der Waals surface area contributed by atoms with Crippen LogP contribution in [-0.4, -0.2) is 68.1 Å². The van der Waals surface area contributed by atoms with E-state index >= 15 is 0 Å². The lowest BCUT2D eigenvalue weighted by atomic mass is 10.1. The molecule has 166 valence electrons. The van der Waals surface area contributed by atoms with Gasteiger partial charge in [0.2, 0.25) is 0 Å². The predicted octanol–water partition coefficient (Wildman–Crippen LogP) is 2.64. The molecule has 1 aromatic carbocycles. The van der Waals surface area contributed by atoms with Crippen molar-refractivity contribution in [2.75, 3.05) is 47.5 Å². The second kappa shape index (κ2) is 12.0. The van der Waals surface area contributed by atoms with Crippen LogP contribution in [0, 0.1) is 0 Å². The van der Waals surface area contributed by atoms with Crippen molar-refractivity contribution < 1.29 is 14.2 Å². The highest BCUT2D eigenvalue weighted by Crippen LogP contribution is 2.28. The van der Waals surface area contributed by atoms with Crippen molar-refractivity contribution in [2.24, 2.45) is 12.0 Å². The first-order valence-electron chi connectivity index (χ1n) is 9.91. The number of hydrogen-bond acceptors (Lipinski definition) is 5. The van der Waals surface area contributed by atoms with Gasteiger partial charge in [0.15, 0.2) is 17.5 Å². The Morgan fingerprint density at radius 3 is 2.77 bits per heavy atom. The molecule has 3 rings (SSSR count). The molecule has 0 spiro atoms. The number of rotatable bonds is 7. The predicted molar refractivity (Wildman–Crippen MR) is 128 cm³/mol. The van der Waals surface area contributed by atoms with E-state index in [0.717, 1.165) is 55.5 Å². The molecule has 9 heteroatoms. The van der Waals surface area contributed by atoms with E-state index in [9.17, 15) is 0 Å². The number of nitrogens with one attached hydrogen (secondary N) is 1. The van der Waals surface area contributed by atoms with Crippen LogP contribution in [0.2, 0.25) is 0 Å². The van der Waals surface area contributed by atoms with Gasteiger partial charge in [-0.2, -0.15) is 5.10 Å². The van der Waals surface area contributed by atoms with Gasteiger partial charge in [-0.15, -0.1) is 24.0 Å². The first-order chi connectivity index (χ1) is 14.1. The molecular formula is C21H32IN5O3. The zero-order valence-electron chi connectivity index (χ0n) is 18.1. The molecule has 0 radical (unpaired) electrons. The number of benzene rings is 1. The highest BCUT2D eigenvalue weighted by molar-refractivity contribution is 14.0. The monoisotopic (exact) mass is 529 g/mol. The Balaban J connectivity index is 0.00000320. The van der Waals surface area contributed by atoms with Gasteiger partial charge >= 0.3 is 0 Å². The minimum Gasteiger partial charge on any atom is -0.493 e. The van der Waals surface area contributed by atoms with Crippen LogP contribution < -0.4 is 14.8 Å². The Morgan fingerprint density at radius 1 is 1.30 bits per heavy atom. The van der Waals surface area contributed by atoms with E-state index in [-0.39, 0.29) is 30.1 Å². The number of guanidine groups is 1. The molecule has 8 nitrogen and oxygen atoms in total. The van der Waals surface area contributed by atoms with Gasteiger partial charge in [0.05, 0.1) is 33.6 Å². The van der Waals surface area contributed by atoms with Crippen molar-refractivity contribution in [1.82, 2.24) is 20.0 Å². The van der Waals surface area contributed by atoms with Crippen molar-refractivity contribution in [3.05, 3.63) is 41.7 Å². The molecule has 1 saturated heterocycles. The molecule has 1 N–H and O–H groups in total. The molecule has 30 heavy (non-hydrogen) atoms. The molecule has 1 aliphatic heterocycles. The molecule has 0 amide bonds. The van der Waals surface area contributed by atoms with Crippen LogP contribution in [0.4, 0.5) is 0 Å². The van der Waals surface area contributed by atoms with Gasteiger partial charge in [0, 0.05) is 38.9 Å². The van der Waals surface area contributed by atoms with Crippen LogP contribution >= 0.6 is 24.0 Å². The number of aromatic nitrogens is 2. The van der Waals surface area contributed by atoms with Crippen molar-refractivity contribution in [3.8, 4) is 11.5 Å². The summed E-state index contributed by atoms with van der Waals surface area (Å²) in [7, 11) is 7.06. The largest absolute Gasteiger partial charge is 0.493 e. The highest BCUT2D eigenvalue weighted by atomic mass is 127. The maximum absolute atomic E-state index is 5.93. The lowest BCUT2D eigenvalue weighted by Crippen LogP contribution is -2.48. The zero-order valence-corrected chi connectivity index (χ0v) is 20.5. The zero-order chi connectivity index (χ0) is 20.6. The number of ether oxygens (including phenoxy) is 3. The number of hydrogen-bond donors (Lipinski definition) is 1. The number of nitrogens with zero attached hydrogens (tertiary/aromatic N) is 4. The summed E-state index contributed by atoms with van der Waals surface area (Å²) in [6, 6.07) is 6.07. The third-order valence-corrected chi connectivity index (χ3v) is 5.05. The lowest BCUT2D eigenvalue weighted by Gasteiger charge is -2.34. The topological polar surface area (TPSA) is 73.1 Å². The van der Waals surface area contributed by atoms with Crippen molar-refractivity contribution >= 4 is 29.9 Å². The molecule has 1 aliphatic rings. The van der Waals surface area contributed by atoms with E-state index in [0.29, 0.717) is 6.61 Å². The van der Waals surface area contributed by atoms with Crippen LogP contribution in [0.5, 0.6) is 11.5 Å². The second-order valence-electron chi connectivity index (χ2n) is 7.02. The first-order valence-corrected chi connectivity index (χ1v) is 9.91. The summed E-state index contributed by atoms with van der Waals surface area (Å²) in [4.78, 5) is 6.71. The van der Waals surface area contributed by atoms with Crippen LogP contribution in [0.1, 0.15) is 23.7 Å². The number of methoxy groups -OCH3 is 2. The summed E-state index contributed by atoms with van der Waals surface area (Å²) >= 11 is 0. The summed E-state index contributed by atoms with van der Waals surface area (Å²) in [5.41, 5.74) is 2.32. The molecule has 1 unspecified atom stereocenters. The number of halogens is 1. The average molecular weight is 529 g/mol. The van der Waals surface area contributed by atoms with Crippen LogP contribution in [0.25, 0.3) is 0 Å². The summed E-state index contributed by atoms with van der Waals surface area (Å²) in [6.45, 7) is 3.11. The van der Waals surface area contributed by atoms with Gasteiger partial charge < -0.3 is 24.4 Å². The van der Waals surface area contributed by atoms with Gasteiger partial charge in [-0.05, 0) is 30.5 Å². The van der Waals surface area contributed by atoms with Crippen LogP contribution in [0.3, 0.4) is 0 Å². The minimum absolute atomic E-state index is 0. The van der Waals surface area contributed by atoms with Crippen LogP contribution in [-0.2, 0) is 18.2 Å². The number of aliphatic imine (C=N–C) groups is 1. The van der Waals surface area contributed by atoms with E-state index in [1.165, 1.54) is 5.56 Å². The first kappa shape index (κ1) is 24.3. The van der Waals surface area contributed by atoms with Gasteiger partial charge in [-0.3, -0.25) is 9.67 Å². The maximum atomic E-state index is 5.93. The molecule has 0 bridgehead atoms. The van der Waals surface area contributed by atoms with E-state index in [4.69, 9.17) is 14.2 Å². The molecular weight excluding hydrogens is 497 g/mol. The summed E-state index contributed by atoms with van der Waals surface area (Å²) in [6.07, 6.45) is 5.83. The molecule has 1 fully saturated rings. The fraction of sp³-hybridized carbons (Fsp3) is 0.524. The summed E-state index contributed by atoms with van der Waals surface area (Å²) in [5.74, 6) is 2.43. The van der Waals surface area contributed by atoms with Crippen LogP contribution in [0.15, 0.2) is 35.6 Å². The smallest absolute Gasteiger partial charge is 0.193 e. The van der Waals surface area contributed by atoms with E-state index in [2.05, 4.69) is 26.4 Å². The Kier molecular flexibility index (Phi) is 9.70. The van der Waals surface area contributed by atoms with E-state index in [1.54, 1.807) is 18.9 Å². The fourth-order valence-electron chi connectivity index (χ4n) is 3.51. The van der Waals surface area contributed by atoms with E-state index in [1.807, 2.05) is 38.6 Å². The number of morpholine rings is 1. The molecule has 2 aromatic rings. The van der Waals surface area contributed by atoms with E-state index < -0.39 is 0 Å². The van der Waals surface area contributed by atoms with Crippen molar-refractivity contribution in [2.45, 2.75) is 18.9 Å². The summed E-state index contributed by atoms with van der Waals surface area (Å²) < 4.78 is 18.4. The van der Waals surface area contributed by atoms with Gasteiger partial charge in [-0.1, -0.05) is 6.07 Å².